The minimum Gasteiger partial charge on any atom is -0.465 e. The third-order valence-corrected chi connectivity index (χ3v) is 7.33. The molecule has 236 valence electrons. The molecule has 0 aliphatic carbocycles. The van der Waals surface area contributed by atoms with E-state index in [0.29, 0.717) is 16.7 Å². The van der Waals surface area contributed by atoms with E-state index in [2.05, 4.69) is 92.4 Å². The van der Waals surface area contributed by atoms with Gasteiger partial charge in [-0.05, 0) is 72.8 Å². The molecule has 3 aromatic rings. The van der Waals surface area contributed by atoms with Gasteiger partial charge in [-0.15, -0.1) is 23.9 Å². The minimum atomic E-state index is -1.34. The second-order valence-electron chi connectivity index (χ2n) is 11.2. The molecule has 0 radical (unpaired) electrons. The molecule has 0 spiro atoms. The molecule has 0 amide bonds. The van der Waals surface area contributed by atoms with Crippen LogP contribution >= 0.6 is 15.9 Å². The van der Waals surface area contributed by atoms with Crippen molar-refractivity contribution in [2.45, 2.75) is 39.3 Å². The molecule has 9 heteroatoms. The summed E-state index contributed by atoms with van der Waals surface area (Å²) in [5.74, 6) is 4.62. The molecule has 0 bridgehead atoms. The molecule has 0 aliphatic rings. The Kier molecular flexibility index (Phi) is 18.6. The Hall–Kier alpha value is -4.34. The molecule has 3 rings (SSSR count). The highest BCUT2D eigenvalue weighted by Crippen LogP contribution is 2.11. The van der Waals surface area contributed by atoms with Gasteiger partial charge < -0.3 is 14.2 Å². The topological polar surface area (TPSA) is 78.9 Å². The van der Waals surface area contributed by atoms with Gasteiger partial charge >= 0.3 is 17.9 Å². The lowest BCUT2D eigenvalue weighted by Crippen LogP contribution is -2.16. The SMILES string of the molecule is C#C[Si](C)(C)C.C#Cc1ccc(C(=O)OC)cc1.COC(=O)c1ccc(Br)cc1.COC(=O)c1ccc(C#C[Si](C)(C)C)cc1. The first-order valence-electron chi connectivity index (χ1n) is 13.7. The molecule has 0 fully saturated rings. The van der Waals surface area contributed by atoms with E-state index in [-0.39, 0.29) is 17.9 Å². The number of carbonyl (C=O) groups is 3. The van der Waals surface area contributed by atoms with Crippen molar-refractivity contribution in [3.8, 4) is 35.8 Å². The number of hydrogen-bond donors (Lipinski definition) is 0. The van der Waals surface area contributed by atoms with Crippen LogP contribution in [0.4, 0.5) is 0 Å². The first-order chi connectivity index (χ1) is 21.0. The molecule has 45 heavy (non-hydrogen) atoms. The number of halogens is 1. The largest absolute Gasteiger partial charge is 0.465 e. The highest BCUT2D eigenvalue weighted by Gasteiger charge is 2.08. The van der Waals surface area contributed by atoms with E-state index in [1.165, 1.54) is 21.3 Å². The van der Waals surface area contributed by atoms with E-state index < -0.39 is 16.1 Å². The summed E-state index contributed by atoms with van der Waals surface area (Å²) in [6.45, 7) is 13.0. The number of ether oxygens (including phenoxy) is 3. The Morgan fingerprint density at radius 3 is 1.16 bits per heavy atom. The summed E-state index contributed by atoms with van der Waals surface area (Å²) in [4.78, 5) is 33.0. The van der Waals surface area contributed by atoms with Gasteiger partial charge in [-0.25, -0.2) is 14.4 Å². The summed E-state index contributed by atoms with van der Waals surface area (Å²) in [5.41, 5.74) is 9.34. The third kappa shape index (κ3) is 18.8. The number of rotatable bonds is 3. The van der Waals surface area contributed by atoms with Crippen LogP contribution in [0.25, 0.3) is 0 Å². The highest BCUT2D eigenvalue weighted by atomic mass is 79.9. The quantitative estimate of drug-likeness (QED) is 0.119. The second kappa shape index (κ2) is 20.6. The highest BCUT2D eigenvalue weighted by molar-refractivity contribution is 9.10. The zero-order valence-electron chi connectivity index (χ0n) is 27.4. The molecule has 0 unspecified atom stereocenters. The fourth-order valence-corrected chi connectivity index (χ4v) is 3.38. The third-order valence-electron chi connectivity index (χ3n) is 5.06. The second-order valence-corrected chi connectivity index (χ2v) is 21.6. The summed E-state index contributed by atoms with van der Waals surface area (Å²) in [6, 6.07) is 20.9. The summed E-state index contributed by atoms with van der Waals surface area (Å²) in [5, 5.41) is 0. The summed E-state index contributed by atoms with van der Waals surface area (Å²) >= 11 is 3.26. The summed E-state index contributed by atoms with van der Waals surface area (Å²) in [7, 11) is 1.65. The number of esters is 3. The van der Waals surface area contributed by atoms with Crippen LogP contribution in [0.3, 0.4) is 0 Å². The fourth-order valence-electron chi connectivity index (χ4n) is 2.59. The van der Waals surface area contributed by atoms with Crippen molar-refractivity contribution in [3.05, 3.63) is 105 Å². The standard InChI is InChI=1S/C13H16O2Si.C10H8O2.C8H7BrO2.C5H10Si/c1-15-13(14)12-7-5-11(6-8-12)9-10-16(2,3)4;1-3-8-4-6-9(7-5-8)10(11)12-2;1-11-8(10)6-2-4-7(9)5-3-6;1-5-6(2,3)4/h5-8H,1-4H3;1,4-7H,2H3;2-5H,1H3;1H,2-4H3. The molecular weight excluding hydrogens is 664 g/mol. The van der Waals surface area contributed by atoms with Gasteiger partial charge in [0, 0.05) is 15.6 Å². The molecule has 0 atom stereocenters. The van der Waals surface area contributed by atoms with Gasteiger partial charge in [-0.3, -0.25) is 0 Å². The van der Waals surface area contributed by atoms with Gasteiger partial charge in [0.1, 0.15) is 16.1 Å². The number of carbonyl (C=O) groups excluding carboxylic acids is 3. The van der Waals surface area contributed by atoms with Crippen molar-refractivity contribution in [1.82, 2.24) is 0 Å². The van der Waals surface area contributed by atoms with Crippen molar-refractivity contribution in [1.29, 1.82) is 0 Å². The predicted octanol–water partition coefficient (Wildman–Crippen LogP) is 7.89. The Morgan fingerprint density at radius 1 is 0.578 bits per heavy atom. The van der Waals surface area contributed by atoms with Crippen LogP contribution in [0.1, 0.15) is 42.2 Å². The molecule has 0 aromatic heterocycles. The maximum Gasteiger partial charge on any atom is 0.337 e. The van der Waals surface area contributed by atoms with Crippen LogP contribution in [-0.4, -0.2) is 55.4 Å². The summed E-state index contributed by atoms with van der Waals surface area (Å²) in [6.07, 6.45) is 10.3. The maximum atomic E-state index is 11.2. The lowest BCUT2D eigenvalue weighted by Gasteiger charge is -2.03. The number of terminal acetylenes is 2. The molecule has 0 heterocycles. The van der Waals surface area contributed by atoms with Crippen molar-refractivity contribution in [3.63, 3.8) is 0 Å². The molecule has 0 saturated heterocycles. The van der Waals surface area contributed by atoms with Gasteiger partial charge in [-0.2, -0.15) is 0 Å². The predicted molar refractivity (Wildman–Crippen MR) is 191 cm³/mol. The zero-order valence-corrected chi connectivity index (χ0v) is 31.0. The van der Waals surface area contributed by atoms with Gasteiger partial charge in [0.15, 0.2) is 0 Å². The molecule has 6 nitrogen and oxygen atoms in total. The van der Waals surface area contributed by atoms with Crippen molar-refractivity contribution >= 4 is 50.0 Å². The Bertz CT molecular complexity index is 1520. The average molecular weight is 706 g/mol. The van der Waals surface area contributed by atoms with Crippen LogP contribution in [-0.2, 0) is 14.2 Å². The minimum absolute atomic E-state index is 0.308. The van der Waals surface area contributed by atoms with Crippen molar-refractivity contribution in [2.75, 3.05) is 21.3 Å². The first kappa shape index (κ1) is 40.7. The van der Waals surface area contributed by atoms with Crippen LogP contribution in [0.15, 0.2) is 77.3 Å². The van der Waals surface area contributed by atoms with Gasteiger partial charge in [0.25, 0.3) is 0 Å². The lowest BCUT2D eigenvalue weighted by molar-refractivity contribution is 0.0592. The lowest BCUT2D eigenvalue weighted by atomic mass is 10.1. The average Bonchev–Trinajstić information content (AvgIpc) is 3.03. The van der Waals surface area contributed by atoms with Crippen LogP contribution in [0.2, 0.25) is 39.3 Å². The molecule has 0 saturated carbocycles. The van der Waals surface area contributed by atoms with Gasteiger partial charge in [-0.1, -0.05) is 67.1 Å². The number of methoxy groups -OCH3 is 3. The smallest absolute Gasteiger partial charge is 0.337 e. The Morgan fingerprint density at radius 2 is 0.889 bits per heavy atom. The van der Waals surface area contributed by atoms with E-state index in [9.17, 15) is 14.4 Å². The van der Waals surface area contributed by atoms with Crippen LogP contribution in [0.5, 0.6) is 0 Å². The van der Waals surface area contributed by atoms with E-state index in [1.807, 2.05) is 12.1 Å². The van der Waals surface area contributed by atoms with E-state index in [4.69, 9.17) is 12.8 Å². The monoisotopic (exact) mass is 704 g/mol. The van der Waals surface area contributed by atoms with Gasteiger partial charge in [0.2, 0.25) is 0 Å². The number of hydrogen-bond acceptors (Lipinski definition) is 6. The van der Waals surface area contributed by atoms with E-state index in [0.717, 1.165) is 15.6 Å². The molecule has 0 N–H and O–H groups in total. The normalized spacial score (nSPS) is 9.60. The maximum absolute atomic E-state index is 11.2. The molecule has 0 aliphatic heterocycles. The van der Waals surface area contributed by atoms with Crippen molar-refractivity contribution in [2.24, 2.45) is 0 Å². The van der Waals surface area contributed by atoms with Crippen LogP contribution in [0, 0.1) is 35.8 Å². The zero-order chi connectivity index (χ0) is 34.6. The first-order valence-corrected chi connectivity index (χ1v) is 21.5. The van der Waals surface area contributed by atoms with E-state index >= 15 is 0 Å². The number of benzene rings is 3. The summed E-state index contributed by atoms with van der Waals surface area (Å²) < 4.78 is 14.6. The van der Waals surface area contributed by atoms with Gasteiger partial charge in [0.05, 0.1) is 38.0 Å². The van der Waals surface area contributed by atoms with E-state index in [1.54, 1.807) is 60.7 Å². The Labute approximate surface area is 279 Å². The van der Waals surface area contributed by atoms with Crippen LogP contribution < -0.4 is 0 Å². The molecular formula is C36H41BrO6Si2. The Balaban J connectivity index is 0.000000602. The fraction of sp³-hybridized carbons (Fsp3) is 0.250. The van der Waals surface area contributed by atoms with Crippen molar-refractivity contribution < 1.29 is 28.6 Å². The molecule has 3 aromatic carbocycles.